The number of halogens is 3. The van der Waals surface area contributed by atoms with E-state index in [1.165, 1.54) is 0 Å². The second-order valence-corrected chi connectivity index (χ2v) is 4.92. The van der Waals surface area contributed by atoms with Crippen molar-refractivity contribution in [3.8, 4) is 0 Å². The molecule has 0 aliphatic carbocycles. The van der Waals surface area contributed by atoms with Crippen molar-refractivity contribution in [1.29, 1.82) is 0 Å². The summed E-state index contributed by atoms with van der Waals surface area (Å²) in [6, 6.07) is -0.429. The molecule has 0 aliphatic rings. The molecule has 6 heteroatoms. The summed E-state index contributed by atoms with van der Waals surface area (Å²) in [5.41, 5.74) is 0. The fraction of sp³-hybridized carbons (Fsp3) is 0.923. The van der Waals surface area contributed by atoms with E-state index in [0.717, 1.165) is 4.90 Å². The van der Waals surface area contributed by atoms with E-state index >= 15 is 0 Å². The van der Waals surface area contributed by atoms with Gasteiger partial charge in [0.15, 0.2) is 0 Å². The summed E-state index contributed by atoms with van der Waals surface area (Å²) in [6.07, 6.45) is -3.82. The van der Waals surface area contributed by atoms with E-state index in [9.17, 15) is 18.0 Å². The van der Waals surface area contributed by atoms with Gasteiger partial charge >= 0.3 is 6.18 Å². The second kappa shape index (κ2) is 8.40. The number of carbonyl (C=O) groups excluding carboxylic acids is 1. The quantitative estimate of drug-likeness (QED) is 0.640. The largest absolute Gasteiger partial charge is 0.406 e. The summed E-state index contributed by atoms with van der Waals surface area (Å²) >= 11 is 0. The highest BCUT2D eigenvalue weighted by Crippen LogP contribution is 2.21. The number of hydrogen-bond acceptors (Lipinski definition) is 2. The van der Waals surface area contributed by atoms with Gasteiger partial charge < -0.3 is 9.64 Å². The number of ether oxygens (including phenoxy) is 1. The number of alkyl halides is 3. The van der Waals surface area contributed by atoms with E-state index < -0.39 is 24.7 Å². The molecule has 0 heterocycles. The minimum Gasteiger partial charge on any atom is -0.382 e. The molecule has 3 nitrogen and oxygen atoms in total. The van der Waals surface area contributed by atoms with Crippen molar-refractivity contribution in [2.24, 2.45) is 5.92 Å². The van der Waals surface area contributed by atoms with Crippen molar-refractivity contribution in [3.63, 3.8) is 0 Å². The number of nitrogens with zero attached hydrogens (tertiary/aromatic N) is 1. The fourth-order valence-corrected chi connectivity index (χ4v) is 1.63. The lowest BCUT2D eigenvalue weighted by Crippen LogP contribution is -2.46. The molecule has 0 aromatic heterocycles. The van der Waals surface area contributed by atoms with Crippen molar-refractivity contribution in [3.05, 3.63) is 0 Å². The third-order valence-corrected chi connectivity index (χ3v) is 3.01. The average Bonchev–Trinajstić information content (AvgIpc) is 2.29. The first-order chi connectivity index (χ1) is 8.69. The monoisotopic (exact) mass is 283 g/mol. The molecule has 0 unspecified atom stereocenters. The first-order valence-corrected chi connectivity index (χ1v) is 6.63. The van der Waals surface area contributed by atoms with Gasteiger partial charge in [-0.2, -0.15) is 13.2 Å². The Balaban J connectivity index is 4.51. The molecule has 1 atom stereocenters. The molecule has 1 amide bonds. The maximum absolute atomic E-state index is 12.5. The molecule has 19 heavy (non-hydrogen) atoms. The Labute approximate surface area is 113 Å². The number of rotatable bonds is 8. The normalized spacial score (nSPS) is 13.7. The minimum absolute atomic E-state index is 0.0156. The van der Waals surface area contributed by atoms with Gasteiger partial charge in [-0.1, -0.05) is 13.8 Å². The standard InChI is InChI=1S/C13H24F3NO2/c1-5-19-8-6-7-12(18)17(9-13(14,15)16)11(4)10(2)3/h10-11H,5-9H2,1-4H3/t11-/m1/s1. The van der Waals surface area contributed by atoms with Crippen LogP contribution < -0.4 is 0 Å². The Bertz CT molecular complexity index is 267. The highest BCUT2D eigenvalue weighted by atomic mass is 19.4. The van der Waals surface area contributed by atoms with Crippen molar-refractivity contribution in [2.45, 2.75) is 52.8 Å². The Morgan fingerprint density at radius 2 is 1.84 bits per heavy atom. The van der Waals surface area contributed by atoms with Crippen LogP contribution >= 0.6 is 0 Å². The average molecular weight is 283 g/mol. The molecule has 0 radical (unpaired) electrons. The molecule has 0 saturated heterocycles. The van der Waals surface area contributed by atoms with E-state index in [1.54, 1.807) is 6.92 Å². The molecule has 0 aromatic carbocycles. The van der Waals surface area contributed by atoms with Gasteiger partial charge in [-0.15, -0.1) is 0 Å². The van der Waals surface area contributed by atoms with Crippen molar-refractivity contribution in [2.75, 3.05) is 19.8 Å². The van der Waals surface area contributed by atoms with Gasteiger partial charge in [0.1, 0.15) is 6.54 Å². The van der Waals surface area contributed by atoms with Crippen LogP contribution in [0.4, 0.5) is 13.2 Å². The molecule has 0 N–H and O–H groups in total. The third kappa shape index (κ3) is 8.08. The Morgan fingerprint density at radius 3 is 2.26 bits per heavy atom. The van der Waals surface area contributed by atoms with Crippen LogP contribution in [0.3, 0.4) is 0 Å². The predicted molar refractivity (Wildman–Crippen MR) is 67.8 cm³/mol. The molecule has 0 bridgehead atoms. The lowest BCUT2D eigenvalue weighted by atomic mass is 10.0. The molecule has 0 aliphatic heterocycles. The van der Waals surface area contributed by atoms with Crippen molar-refractivity contribution >= 4 is 5.91 Å². The summed E-state index contributed by atoms with van der Waals surface area (Å²) in [6.45, 7) is 6.86. The topological polar surface area (TPSA) is 29.5 Å². The van der Waals surface area contributed by atoms with E-state index in [4.69, 9.17) is 4.74 Å². The molecule has 0 rings (SSSR count). The molecule has 0 fully saturated rings. The lowest BCUT2D eigenvalue weighted by Gasteiger charge is -2.32. The van der Waals surface area contributed by atoms with Crippen LogP contribution in [-0.2, 0) is 9.53 Å². The van der Waals surface area contributed by atoms with Gasteiger partial charge in [0.2, 0.25) is 5.91 Å². The zero-order chi connectivity index (χ0) is 15.1. The summed E-state index contributed by atoms with van der Waals surface area (Å²) in [5, 5.41) is 0. The van der Waals surface area contributed by atoms with E-state index in [0.29, 0.717) is 19.6 Å². The predicted octanol–water partition coefficient (Wildman–Crippen LogP) is 3.24. The van der Waals surface area contributed by atoms with Crippen LogP contribution in [0.15, 0.2) is 0 Å². The second-order valence-electron chi connectivity index (χ2n) is 4.92. The van der Waals surface area contributed by atoms with Crippen LogP contribution in [0.25, 0.3) is 0 Å². The van der Waals surface area contributed by atoms with Crippen LogP contribution in [0, 0.1) is 5.92 Å². The maximum atomic E-state index is 12.5. The summed E-state index contributed by atoms with van der Waals surface area (Å²) in [7, 11) is 0. The molecular formula is C13H24F3NO2. The highest BCUT2D eigenvalue weighted by Gasteiger charge is 2.35. The molecule has 0 aromatic rings. The van der Waals surface area contributed by atoms with Crippen LogP contribution in [0.2, 0.25) is 0 Å². The summed E-state index contributed by atoms with van der Waals surface area (Å²) in [5.74, 6) is -0.476. The SMILES string of the molecule is CCOCCCC(=O)N(CC(F)(F)F)[C@H](C)C(C)C. The number of carbonyl (C=O) groups is 1. The maximum Gasteiger partial charge on any atom is 0.406 e. The summed E-state index contributed by atoms with van der Waals surface area (Å²) in [4.78, 5) is 12.8. The van der Waals surface area contributed by atoms with Crippen LogP contribution in [0.5, 0.6) is 0 Å². The number of hydrogen-bond donors (Lipinski definition) is 0. The zero-order valence-corrected chi connectivity index (χ0v) is 12.1. The molecule has 0 spiro atoms. The van der Waals surface area contributed by atoms with Crippen molar-refractivity contribution < 1.29 is 22.7 Å². The van der Waals surface area contributed by atoms with Crippen LogP contribution in [0.1, 0.15) is 40.5 Å². The smallest absolute Gasteiger partial charge is 0.382 e. The first-order valence-electron chi connectivity index (χ1n) is 6.63. The van der Waals surface area contributed by atoms with Crippen LogP contribution in [-0.4, -0.2) is 42.8 Å². The zero-order valence-electron chi connectivity index (χ0n) is 12.1. The van der Waals surface area contributed by atoms with Gasteiger partial charge in [-0.25, -0.2) is 0 Å². The Hall–Kier alpha value is -0.780. The Morgan fingerprint density at radius 1 is 1.26 bits per heavy atom. The Kier molecular flexibility index (Phi) is 8.06. The fourth-order valence-electron chi connectivity index (χ4n) is 1.63. The van der Waals surface area contributed by atoms with Gasteiger partial charge in [-0.3, -0.25) is 4.79 Å². The lowest BCUT2D eigenvalue weighted by molar-refractivity contribution is -0.167. The van der Waals surface area contributed by atoms with Gasteiger partial charge in [0, 0.05) is 25.7 Å². The van der Waals surface area contributed by atoms with E-state index in [-0.39, 0.29) is 12.3 Å². The van der Waals surface area contributed by atoms with E-state index in [1.807, 2.05) is 20.8 Å². The first kappa shape index (κ1) is 18.2. The molecular weight excluding hydrogens is 259 g/mol. The summed E-state index contributed by atoms with van der Waals surface area (Å²) < 4.78 is 42.6. The number of amides is 1. The van der Waals surface area contributed by atoms with Crippen molar-refractivity contribution in [1.82, 2.24) is 4.90 Å². The van der Waals surface area contributed by atoms with Gasteiger partial charge in [-0.05, 0) is 26.2 Å². The van der Waals surface area contributed by atoms with Gasteiger partial charge in [0.25, 0.3) is 0 Å². The third-order valence-electron chi connectivity index (χ3n) is 3.01. The minimum atomic E-state index is -4.36. The molecule has 114 valence electrons. The molecule has 0 saturated carbocycles. The van der Waals surface area contributed by atoms with E-state index in [2.05, 4.69) is 0 Å². The van der Waals surface area contributed by atoms with Gasteiger partial charge in [0.05, 0.1) is 0 Å². The highest BCUT2D eigenvalue weighted by molar-refractivity contribution is 5.76.